The summed E-state index contributed by atoms with van der Waals surface area (Å²) in [5, 5.41) is 2.91. The van der Waals surface area contributed by atoms with E-state index in [4.69, 9.17) is 5.73 Å². The molecule has 0 aromatic heterocycles. The lowest BCUT2D eigenvalue weighted by atomic mass is 10.1. The first-order valence-electron chi connectivity index (χ1n) is 5.74. The number of halogens is 2. The Kier molecular flexibility index (Phi) is 8.05. The number of carbonyl (C=O) groups excluding carboxylic acids is 1. The number of thioether (sulfide) groups is 1. The first-order chi connectivity index (χ1) is 8.34. The number of nitrogens with two attached hydrogens (primary N) is 1. The molecule has 0 aliphatic carbocycles. The van der Waals surface area contributed by atoms with E-state index in [1.54, 1.807) is 11.8 Å². The van der Waals surface area contributed by atoms with Crippen LogP contribution < -0.4 is 11.1 Å². The Morgan fingerprint density at radius 2 is 2.11 bits per heavy atom. The molecular formula is C13H20BrClN2OS. The van der Waals surface area contributed by atoms with E-state index >= 15 is 0 Å². The van der Waals surface area contributed by atoms with Gasteiger partial charge >= 0.3 is 0 Å². The van der Waals surface area contributed by atoms with Crippen molar-refractivity contribution in [2.24, 2.45) is 5.73 Å². The van der Waals surface area contributed by atoms with E-state index in [1.807, 2.05) is 39.0 Å². The van der Waals surface area contributed by atoms with Gasteiger partial charge < -0.3 is 11.1 Å². The van der Waals surface area contributed by atoms with Gasteiger partial charge in [0.05, 0.1) is 5.75 Å². The normalized spacial score (nSPS) is 10.8. The van der Waals surface area contributed by atoms with Crippen molar-refractivity contribution >= 4 is 46.0 Å². The number of aryl methyl sites for hydroxylation is 1. The van der Waals surface area contributed by atoms with Crippen molar-refractivity contribution in [1.82, 2.24) is 5.32 Å². The monoisotopic (exact) mass is 366 g/mol. The van der Waals surface area contributed by atoms with Gasteiger partial charge in [-0.1, -0.05) is 15.9 Å². The average Bonchev–Trinajstić information content (AvgIpc) is 2.27. The number of hydrogen-bond acceptors (Lipinski definition) is 3. The Morgan fingerprint density at radius 1 is 1.47 bits per heavy atom. The molecular weight excluding hydrogens is 348 g/mol. The molecule has 1 rings (SSSR count). The van der Waals surface area contributed by atoms with Crippen molar-refractivity contribution in [3.63, 3.8) is 0 Å². The van der Waals surface area contributed by atoms with Crippen LogP contribution in [0.25, 0.3) is 0 Å². The van der Waals surface area contributed by atoms with Crippen LogP contribution >= 0.6 is 40.1 Å². The summed E-state index contributed by atoms with van der Waals surface area (Å²) in [6.07, 6.45) is 0. The van der Waals surface area contributed by atoms with Crippen LogP contribution in [0.1, 0.15) is 19.4 Å². The average molecular weight is 368 g/mol. The van der Waals surface area contributed by atoms with E-state index in [9.17, 15) is 4.79 Å². The molecule has 19 heavy (non-hydrogen) atoms. The topological polar surface area (TPSA) is 55.1 Å². The molecule has 6 heteroatoms. The summed E-state index contributed by atoms with van der Waals surface area (Å²) in [7, 11) is 0. The standard InChI is InChI=1S/C13H19BrN2OS.ClH/c1-9-6-10(14)4-5-11(9)18-7-12(17)16-13(2,3)8-15;/h4-6H,7-8,15H2,1-3H3,(H,16,17);1H. The predicted octanol–water partition coefficient (Wildman–Crippen LogP) is 3.12. The molecule has 1 amide bonds. The van der Waals surface area contributed by atoms with Gasteiger partial charge in [-0.3, -0.25) is 4.79 Å². The van der Waals surface area contributed by atoms with E-state index in [1.165, 1.54) is 5.56 Å². The molecule has 0 saturated carbocycles. The minimum Gasteiger partial charge on any atom is -0.349 e. The predicted molar refractivity (Wildman–Crippen MR) is 88.1 cm³/mol. The zero-order valence-corrected chi connectivity index (χ0v) is 14.5. The first kappa shape index (κ1) is 18.8. The van der Waals surface area contributed by atoms with Gasteiger partial charge in [-0.15, -0.1) is 24.2 Å². The van der Waals surface area contributed by atoms with Crippen LogP contribution in [0.2, 0.25) is 0 Å². The highest BCUT2D eigenvalue weighted by Crippen LogP contribution is 2.25. The van der Waals surface area contributed by atoms with Crippen LogP contribution in [0.4, 0.5) is 0 Å². The molecule has 0 bridgehead atoms. The van der Waals surface area contributed by atoms with Crippen molar-refractivity contribution < 1.29 is 4.79 Å². The molecule has 0 fully saturated rings. The lowest BCUT2D eigenvalue weighted by Crippen LogP contribution is -2.49. The van der Waals surface area contributed by atoms with E-state index in [0.717, 1.165) is 9.37 Å². The Bertz CT molecular complexity index is 441. The van der Waals surface area contributed by atoms with E-state index < -0.39 is 0 Å². The zero-order chi connectivity index (χ0) is 13.8. The van der Waals surface area contributed by atoms with Gasteiger partial charge in [0.25, 0.3) is 0 Å². The maximum atomic E-state index is 11.8. The fraction of sp³-hybridized carbons (Fsp3) is 0.462. The summed E-state index contributed by atoms with van der Waals surface area (Å²) < 4.78 is 1.05. The van der Waals surface area contributed by atoms with Crippen LogP contribution in [0.15, 0.2) is 27.6 Å². The highest BCUT2D eigenvalue weighted by molar-refractivity contribution is 9.10. The van der Waals surface area contributed by atoms with Gasteiger partial charge in [-0.25, -0.2) is 0 Å². The maximum Gasteiger partial charge on any atom is 0.230 e. The van der Waals surface area contributed by atoms with Gasteiger partial charge in [0.1, 0.15) is 0 Å². The minimum atomic E-state index is -0.341. The maximum absolute atomic E-state index is 11.8. The molecule has 0 heterocycles. The smallest absolute Gasteiger partial charge is 0.230 e. The molecule has 0 saturated heterocycles. The lowest BCUT2D eigenvalue weighted by molar-refractivity contribution is -0.120. The molecule has 1 aromatic rings. The van der Waals surface area contributed by atoms with Gasteiger partial charge in [0.15, 0.2) is 0 Å². The third-order valence-electron chi connectivity index (χ3n) is 2.48. The third kappa shape index (κ3) is 6.65. The van der Waals surface area contributed by atoms with Gasteiger partial charge in [-0.2, -0.15) is 0 Å². The Labute approximate surface area is 133 Å². The van der Waals surface area contributed by atoms with Crippen molar-refractivity contribution in [3.8, 4) is 0 Å². The molecule has 0 aliphatic rings. The van der Waals surface area contributed by atoms with E-state index in [-0.39, 0.29) is 23.9 Å². The Morgan fingerprint density at radius 3 is 2.63 bits per heavy atom. The van der Waals surface area contributed by atoms with Crippen molar-refractivity contribution in [3.05, 3.63) is 28.2 Å². The second kappa shape index (κ2) is 8.15. The molecule has 1 aromatic carbocycles. The fourth-order valence-corrected chi connectivity index (χ4v) is 2.67. The first-order valence-corrected chi connectivity index (χ1v) is 7.52. The number of nitrogens with one attached hydrogen (secondary N) is 1. The van der Waals surface area contributed by atoms with Crippen LogP contribution in [0.3, 0.4) is 0 Å². The molecule has 3 nitrogen and oxygen atoms in total. The molecule has 0 aliphatic heterocycles. The summed E-state index contributed by atoms with van der Waals surface area (Å²) in [4.78, 5) is 12.9. The second-order valence-electron chi connectivity index (χ2n) is 4.83. The van der Waals surface area contributed by atoms with E-state index in [2.05, 4.69) is 21.2 Å². The van der Waals surface area contributed by atoms with Crippen LogP contribution in [0.5, 0.6) is 0 Å². The number of carbonyl (C=O) groups is 1. The molecule has 108 valence electrons. The van der Waals surface area contributed by atoms with Gasteiger partial charge in [0, 0.05) is 21.5 Å². The lowest BCUT2D eigenvalue weighted by Gasteiger charge is -2.24. The largest absolute Gasteiger partial charge is 0.349 e. The summed E-state index contributed by atoms with van der Waals surface area (Å²) in [6, 6.07) is 6.05. The fourth-order valence-electron chi connectivity index (χ4n) is 1.38. The van der Waals surface area contributed by atoms with Gasteiger partial charge in [-0.05, 0) is 44.5 Å². The zero-order valence-electron chi connectivity index (χ0n) is 11.3. The number of rotatable bonds is 5. The van der Waals surface area contributed by atoms with Gasteiger partial charge in [0.2, 0.25) is 5.91 Å². The number of amides is 1. The molecule has 0 unspecified atom stereocenters. The highest BCUT2D eigenvalue weighted by atomic mass is 79.9. The number of hydrogen-bond donors (Lipinski definition) is 2. The Hall–Kier alpha value is -0.230. The summed E-state index contributed by atoms with van der Waals surface area (Å²) in [6.45, 7) is 6.30. The minimum absolute atomic E-state index is 0. The molecule has 0 atom stereocenters. The van der Waals surface area contributed by atoms with Crippen LogP contribution in [-0.4, -0.2) is 23.7 Å². The highest BCUT2D eigenvalue weighted by Gasteiger charge is 2.18. The number of benzene rings is 1. The second-order valence-corrected chi connectivity index (χ2v) is 6.77. The van der Waals surface area contributed by atoms with E-state index in [0.29, 0.717) is 12.3 Å². The molecule has 0 radical (unpaired) electrons. The molecule has 0 spiro atoms. The van der Waals surface area contributed by atoms with Crippen molar-refractivity contribution in [2.75, 3.05) is 12.3 Å². The van der Waals surface area contributed by atoms with Crippen LogP contribution in [0, 0.1) is 6.92 Å². The van der Waals surface area contributed by atoms with Crippen molar-refractivity contribution in [2.45, 2.75) is 31.2 Å². The van der Waals surface area contributed by atoms with Crippen LogP contribution in [-0.2, 0) is 4.79 Å². The summed E-state index contributed by atoms with van der Waals surface area (Å²) >= 11 is 4.96. The quantitative estimate of drug-likeness (QED) is 0.786. The summed E-state index contributed by atoms with van der Waals surface area (Å²) in [5.74, 6) is 0.420. The SMILES string of the molecule is Cc1cc(Br)ccc1SCC(=O)NC(C)(C)CN.Cl. The van der Waals surface area contributed by atoms with Crippen molar-refractivity contribution in [1.29, 1.82) is 0 Å². The third-order valence-corrected chi connectivity index (χ3v) is 4.15. The molecule has 3 N–H and O–H groups in total. The Balaban J connectivity index is 0.00000324. The summed E-state index contributed by atoms with van der Waals surface area (Å²) in [5.41, 5.74) is 6.40.